The van der Waals surface area contributed by atoms with E-state index in [9.17, 15) is 0 Å². The van der Waals surface area contributed by atoms with E-state index in [4.69, 9.17) is 64.7 Å². The minimum Gasteiger partial charge on any atom is -0.481 e. The molecule has 0 rings (SSSR count). The third kappa shape index (κ3) is 1560. The van der Waals surface area contributed by atoms with Gasteiger partial charge in [-0.1, -0.05) is 0 Å². The molecular weight excluding hydrogens is 360 g/mol. The molecule has 16 heteroatoms. The molecule has 0 saturated carbocycles. The lowest BCUT2D eigenvalue weighted by molar-refractivity contribution is -0.135. The Morgan fingerprint density at radius 2 is 0.545 bits per heavy atom. The van der Waals surface area contributed by atoms with Gasteiger partial charge in [0.25, 0.3) is 17.9 Å². The van der Waals surface area contributed by atoms with Crippen LogP contribution in [0, 0.1) is 0 Å². The molecule has 0 aromatic rings. The lowest BCUT2D eigenvalue weighted by Gasteiger charge is -1.68. The molecule has 0 spiro atoms. The maximum Gasteiger partial charge on any atom is 0.394 e. The summed E-state index contributed by atoms with van der Waals surface area (Å²) in [5, 5.41) is 22.2. The van der Waals surface area contributed by atoms with Crippen LogP contribution in [0.3, 0.4) is 0 Å². The van der Waals surface area contributed by atoms with E-state index in [1.54, 1.807) is 0 Å². The smallest absolute Gasteiger partial charge is 0.394 e. The van der Waals surface area contributed by atoms with Gasteiger partial charge in [-0.3, -0.25) is 32.6 Å². The maximum atomic E-state index is 9.00. The van der Waals surface area contributed by atoms with Crippen LogP contribution in [0.1, 0.15) is 20.8 Å². The SMILES string of the molecule is CC(=O)O.CC(=O)O.CC(=O)O.O=S(=O)(O)O.O=S(=O)(O)O. The van der Waals surface area contributed by atoms with E-state index in [0.717, 1.165) is 20.8 Å². The summed E-state index contributed by atoms with van der Waals surface area (Å²) in [5.41, 5.74) is 0. The molecule has 0 aliphatic carbocycles. The zero-order valence-electron chi connectivity index (χ0n) is 11.3. The Morgan fingerprint density at radius 3 is 0.545 bits per heavy atom. The second kappa shape index (κ2) is 17.2. The highest BCUT2D eigenvalue weighted by molar-refractivity contribution is 7.80. The Bertz CT molecular complexity index is 413. The predicted octanol–water partition coefficient (Wildman–Crippen LogP) is -1.03. The molecule has 14 nitrogen and oxygen atoms in total. The molecule has 136 valence electrons. The molecule has 0 atom stereocenters. The molecule has 0 saturated heterocycles. The highest BCUT2D eigenvalue weighted by atomic mass is 32.3. The highest BCUT2D eigenvalue weighted by Crippen LogP contribution is 1.59. The summed E-state index contributed by atoms with van der Waals surface area (Å²) in [6.07, 6.45) is 0. The standard InChI is InChI=1S/3C2H4O2.2H2O4S/c3*1-2(3)4;2*1-5(2,3)4/h3*1H3,(H,3,4);2*(H2,1,2,3,4). The van der Waals surface area contributed by atoms with Crippen LogP contribution < -0.4 is 0 Å². The van der Waals surface area contributed by atoms with Gasteiger partial charge in [-0.15, -0.1) is 0 Å². The zero-order chi connectivity index (χ0) is 19.7. The molecule has 0 aliphatic heterocycles. The summed E-state index contributed by atoms with van der Waals surface area (Å²) < 4.78 is 63.2. The summed E-state index contributed by atoms with van der Waals surface area (Å²) in [5.74, 6) is -2.50. The third-order valence-corrected chi connectivity index (χ3v) is 0. The van der Waals surface area contributed by atoms with Gasteiger partial charge in [-0.2, -0.15) is 16.8 Å². The number of hydrogen-bond donors (Lipinski definition) is 7. The summed E-state index contributed by atoms with van der Waals surface area (Å²) in [6.45, 7) is 3.25. The first kappa shape index (κ1) is 32.2. The van der Waals surface area contributed by atoms with Gasteiger partial charge in [0.05, 0.1) is 0 Å². The second-order valence-corrected chi connectivity index (χ2v) is 4.24. The van der Waals surface area contributed by atoms with Gasteiger partial charge < -0.3 is 15.3 Å². The van der Waals surface area contributed by atoms with Crippen LogP contribution >= 0.6 is 0 Å². The van der Waals surface area contributed by atoms with Crippen molar-refractivity contribution >= 4 is 38.7 Å². The summed E-state index contributed by atoms with van der Waals surface area (Å²) in [7, 11) is -9.33. The lowest BCUT2D eigenvalue weighted by Crippen LogP contribution is -1.89. The number of hydrogen-bond acceptors (Lipinski definition) is 7. The van der Waals surface area contributed by atoms with Crippen molar-refractivity contribution in [2.24, 2.45) is 0 Å². The quantitative estimate of drug-likeness (QED) is 0.249. The van der Waals surface area contributed by atoms with Crippen molar-refractivity contribution in [3.8, 4) is 0 Å². The largest absolute Gasteiger partial charge is 0.481 e. The Kier molecular flexibility index (Phi) is 25.2. The fraction of sp³-hybridized carbons (Fsp3) is 0.500. The number of carboxylic acids is 3. The Balaban J connectivity index is -0.0000000550. The zero-order valence-corrected chi connectivity index (χ0v) is 12.9. The molecule has 0 heterocycles. The Labute approximate surface area is 125 Å². The number of rotatable bonds is 0. The van der Waals surface area contributed by atoms with Crippen molar-refractivity contribution in [1.82, 2.24) is 0 Å². The van der Waals surface area contributed by atoms with Gasteiger partial charge in [0.1, 0.15) is 0 Å². The number of aliphatic carboxylic acids is 3. The molecule has 22 heavy (non-hydrogen) atoms. The van der Waals surface area contributed by atoms with Crippen molar-refractivity contribution in [2.75, 3.05) is 0 Å². The normalized spacial score (nSPS) is 8.68. The summed E-state index contributed by atoms with van der Waals surface area (Å²) in [6, 6.07) is 0. The minimum absolute atomic E-state index is 0.833. The average molecular weight is 376 g/mol. The van der Waals surface area contributed by atoms with E-state index >= 15 is 0 Å². The first-order valence-electron chi connectivity index (χ1n) is 4.18. The van der Waals surface area contributed by atoms with Gasteiger partial charge in [0, 0.05) is 20.8 Å². The monoisotopic (exact) mass is 376 g/mol. The first-order chi connectivity index (χ1) is 9.20. The van der Waals surface area contributed by atoms with Crippen LogP contribution in [0.15, 0.2) is 0 Å². The highest BCUT2D eigenvalue weighted by Gasteiger charge is 1.85. The molecule has 0 aliphatic rings. The predicted molar refractivity (Wildman–Crippen MR) is 68.3 cm³/mol. The van der Waals surface area contributed by atoms with E-state index in [1.807, 2.05) is 0 Å². The van der Waals surface area contributed by atoms with Crippen LogP contribution in [0.2, 0.25) is 0 Å². The second-order valence-electron chi connectivity index (χ2n) is 2.45. The van der Waals surface area contributed by atoms with Gasteiger partial charge in [-0.25, -0.2) is 0 Å². The van der Waals surface area contributed by atoms with E-state index < -0.39 is 38.7 Å². The molecule has 0 aromatic heterocycles. The number of carboxylic acid groups (broad SMARTS) is 3. The van der Waals surface area contributed by atoms with Crippen LogP contribution in [-0.2, 0) is 35.2 Å². The lowest BCUT2D eigenvalue weighted by atomic mass is 10.9. The average Bonchev–Trinajstić information content (AvgIpc) is 1.88. The summed E-state index contributed by atoms with van der Waals surface area (Å²) in [4.78, 5) is 27.0. The molecule has 7 N–H and O–H groups in total. The summed E-state index contributed by atoms with van der Waals surface area (Å²) >= 11 is 0. The van der Waals surface area contributed by atoms with Gasteiger partial charge in [0.15, 0.2) is 0 Å². The van der Waals surface area contributed by atoms with E-state index in [1.165, 1.54) is 0 Å². The third-order valence-electron chi connectivity index (χ3n) is 0. The van der Waals surface area contributed by atoms with Gasteiger partial charge in [0.2, 0.25) is 0 Å². The van der Waals surface area contributed by atoms with Gasteiger partial charge >= 0.3 is 20.8 Å². The van der Waals surface area contributed by atoms with Crippen LogP contribution in [-0.4, -0.2) is 68.3 Å². The maximum absolute atomic E-state index is 9.00. The van der Waals surface area contributed by atoms with Crippen molar-refractivity contribution in [3.05, 3.63) is 0 Å². The molecule has 0 amide bonds. The van der Waals surface area contributed by atoms with Crippen LogP contribution in [0.25, 0.3) is 0 Å². The van der Waals surface area contributed by atoms with Crippen molar-refractivity contribution < 1.29 is 64.7 Å². The fourth-order valence-corrected chi connectivity index (χ4v) is 0. The fourth-order valence-electron chi connectivity index (χ4n) is 0. The van der Waals surface area contributed by atoms with Crippen LogP contribution in [0.4, 0.5) is 0 Å². The first-order valence-corrected chi connectivity index (χ1v) is 6.97. The van der Waals surface area contributed by atoms with E-state index in [2.05, 4.69) is 0 Å². The molecule has 0 aromatic carbocycles. The molecule has 0 bridgehead atoms. The Morgan fingerprint density at radius 1 is 0.545 bits per heavy atom. The molecule has 0 fully saturated rings. The van der Waals surface area contributed by atoms with Crippen molar-refractivity contribution in [3.63, 3.8) is 0 Å². The molecule has 0 unspecified atom stereocenters. The molecular formula is C6H16O14S2. The van der Waals surface area contributed by atoms with E-state index in [-0.39, 0.29) is 0 Å². The minimum atomic E-state index is -4.67. The Hall–Kier alpha value is -1.85. The van der Waals surface area contributed by atoms with Crippen molar-refractivity contribution in [2.45, 2.75) is 20.8 Å². The topological polar surface area (TPSA) is 261 Å². The molecule has 0 radical (unpaired) electrons. The van der Waals surface area contributed by atoms with Crippen molar-refractivity contribution in [1.29, 1.82) is 0 Å². The van der Waals surface area contributed by atoms with E-state index in [0.29, 0.717) is 0 Å². The van der Waals surface area contributed by atoms with Gasteiger partial charge in [-0.05, 0) is 0 Å². The van der Waals surface area contributed by atoms with Crippen LogP contribution in [0.5, 0.6) is 0 Å². The number of carbonyl (C=O) groups is 3.